The van der Waals surface area contributed by atoms with E-state index in [1.54, 1.807) is 7.11 Å². The molecule has 3 aromatic rings. The number of aromatic amines is 1. The first-order chi connectivity index (χ1) is 10.2. The van der Waals surface area contributed by atoms with E-state index in [1.165, 1.54) is 12.8 Å². The average Bonchev–Trinajstić information content (AvgIpc) is 3.12. The van der Waals surface area contributed by atoms with Crippen LogP contribution in [0.1, 0.15) is 25.6 Å². The minimum absolute atomic E-state index is 0.220. The molecule has 1 fully saturated rings. The molecule has 1 aliphatic rings. The summed E-state index contributed by atoms with van der Waals surface area (Å²) >= 11 is 0. The Morgan fingerprint density at radius 1 is 1.14 bits per heavy atom. The molecule has 1 saturated carbocycles. The van der Waals surface area contributed by atoms with Gasteiger partial charge in [0, 0.05) is 17.2 Å². The van der Waals surface area contributed by atoms with E-state index in [1.807, 2.05) is 24.4 Å². The zero-order chi connectivity index (χ0) is 14.4. The standard InChI is InChI=1S/C17H17N3O/c1-17(8-9-17)16-19-14-13(7-10-18-15(14)20-16)11-3-5-12(21-2)6-4-11/h3-7,10H,8-9H2,1-2H3,(H,18,19,20). The first-order valence-corrected chi connectivity index (χ1v) is 7.19. The van der Waals surface area contributed by atoms with Gasteiger partial charge in [0.1, 0.15) is 17.1 Å². The third-order valence-electron chi connectivity index (χ3n) is 4.36. The van der Waals surface area contributed by atoms with Crippen LogP contribution in [0, 0.1) is 0 Å². The Bertz CT molecular complexity index is 801. The average molecular weight is 279 g/mol. The predicted octanol–water partition coefficient (Wildman–Crippen LogP) is 3.69. The number of aromatic nitrogens is 3. The molecule has 4 nitrogen and oxygen atoms in total. The zero-order valence-electron chi connectivity index (χ0n) is 12.2. The molecule has 1 aromatic carbocycles. The lowest BCUT2D eigenvalue weighted by atomic mass is 10.1. The molecule has 2 heterocycles. The van der Waals surface area contributed by atoms with Crippen LogP contribution in [0.3, 0.4) is 0 Å². The number of methoxy groups -OCH3 is 1. The summed E-state index contributed by atoms with van der Waals surface area (Å²) in [6.07, 6.45) is 4.23. The number of imidazole rings is 1. The summed E-state index contributed by atoms with van der Waals surface area (Å²) < 4.78 is 5.22. The van der Waals surface area contributed by atoms with E-state index in [2.05, 4.69) is 29.0 Å². The van der Waals surface area contributed by atoms with Crippen LogP contribution in [-0.2, 0) is 5.41 Å². The van der Waals surface area contributed by atoms with Crippen LogP contribution < -0.4 is 4.74 Å². The molecule has 0 aliphatic heterocycles. The van der Waals surface area contributed by atoms with Gasteiger partial charge in [0.05, 0.1) is 7.11 Å². The minimum atomic E-state index is 0.220. The van der Waals surface area contributed by atoms with Crippen LogP contribution in [0.15, 0.2) is 36.5 Å². The summed E-state index contributed by atoms with van der Waals surface area (Å²) in [5, 5.41) is 0. The van der Waals surface area contributed by atoms with Crippen LogP contribution in [-0.4, -0.2) is 22.1 Å². The Hall–Kier alpha value is -2.36. The first-order valence-electron chi connectivity index (χ1n) is 7.19. The third-order valence-corrected chi connectivity index (χ3v) is 4.36. The molecule has 0 spiro atoms. The number of H-pyrrole nitrogens is 1. The first kappa shape index (κ1) is 12.4. The number of rotatable bonds is 3. The molecule has 0 saturated heterocycles. The molecule has 1 aliphatic carbocycles. The SMILES string of the molecule is COc1ccc(-c2ccnc3[nH]c(C4(C)CC4)nc23)cc1. The Balaban J connectivity index is 1.85. The molecule has 2 aromatic heterocycles. The summed E-state index contributed by atoms with van der Waals surface area (Å²) in [5.74, 6) is 1.92. The minimum Gasteiger partial charge on any atom is -0.497 e. The molecular formula is C17H17N3O. The fourth-order valence-electron chi connectivity index (χ4n) is 2.62. The van der Waals surface area contributed by atoms with Crippen LogP contribution in [0.25, 0.3) is 22.3 Å². The number of hydrogen-bond acceptors (Lipinski definition) is 3. The van der Waals surface area contributed by atoms with Gasteiger partial charge in [-0.25, -0.2) is 9.97 Å². The number of nitrogens with zero attached hydrogens (tertiary/aromatic N) is 2. The second-order valence-electron chi connectivity index (χ2n) is 5.93. The highest BCUT2D eigenvalue weighted by molar-refractivity contribution is 5.89. The lowest BCUT2D eigenvalue weighted by Gasteiger charge is -2.04. The Morgan fingerprint density at radius 3 is 2.57 bits per heavy atom. The van der Waals surface area contributed by atoms with Gasteiger partial charge in [0.15, 0.2) is 5.65 Å². The summed E-state index contributed by atoms with van der Waals surface area (Å²) in [6, 6.07) is 10.1. The number of hydrogen-bond donors (Lipinski definition) is 1. The zero-order valence-corrected chi connectivity index (χ0v) is 12.2. The van der Waals surface area contributed by atoms with E-state index in [4.69, 9.17) is 9.72 Å². The highest BCUT2D eigenvalue weighted by Crippen LogP contribution is 2.46. The monoisotopic (exact) mass is 279 g/mol. The maximum absolute atomic E-state index is 5.22. The summed E-state index contributed by atoms with van der Waals surface area (Å²) in [7, 11) is 1.68. The van der Waals surface area contributed by atoms with Gasteiger partial charge in [-0.1, -0.05) is 19.1 Å². The maximum atomic E-state index is 5.22. The normalized spacial score (nSPS) is 16.1. The Labute approximate surface area is 123 Å². The van der Waals surface area contributed by atoms with E-state index < -0.39 is 0 Å². The number of benzene rings is 1. The van der Waals surface area contributed by atoms with E-state index in [-0.39, 0.29) is 5.41 Å². The number of ether oxygens (including phenoxy) is 1. The van der Waals surface area contributed by atoms with E-state index in [0.717, 1.165) is 33.9 Å². The van der Waals surface area contributed by atoms with Gasteiger partial charge in [0.25, 0.3) is 0 Å². The van der Waals surface area contributed by atoms with Crippen LogP contribution in [0.4, 0.5) is 0 Å². The van der Waals surface area contributed by atoms with Crippen molar-refractivity contribution in [3.8, 4) is 16.9 Å². The molecule has 106 valence electrons. The van der Waals surface area contributed by atoms with Crippen LogP contribution >= 0.6 is 0 Å². The van der Waals surface area contributed by atoms with Gasteiger partial charge in [-0.3, -0.25) is 0 Å². The van der Waals surface area contributed by atoms with Gasteiger partial charge in [-0.2, -0.15) is 0 Å². The quantitative estimate of drug-likeness (QED) is 0.795. The van der Waals surface area contributed by atoms with Gasteiger partial charge < -0.3 is 9.72 Å². The Morgan fingerprint density at radius 2 is 1.90 bits per heavy atom. The van der Waals surface area contributed by atoms with Crippen molar-refractivity contribution < 1.29 is 4.74 Å². The summed E-state index contributed by atoms with van der Waals surface area (Å²) in [4.78, 5) is 12.6. The van der Waals surface area contributed by atoms with Gasteiger partial charge >= 0.3 is 0 Å². The molecule has 0 amide bonds. The molecule has 4 rings (SSSR count). The van der Waals surface area contributed by atoms with Crippen molar-refractivity contribution >= 4 is 11.2 Å². The second-order valence-corrected chi connectivity index (χ2v) is 5.93. The number of pyridine rings is 1. The second kappa shape index (κ2) is 4.32. The fourth-order valence-corrected chi connectivity index (χ4v) is 2.62. The van der Waals surface area contributed by atoms with Crippen molar-refractivity contribution in [2.45, 2.75) is 25.2 Å². The molecule has 0 bridgehead atoms. The molecule has 1 N–H and O–H groups in total. The maximum Gasteiger partial charge on any atom is 0.157 e. The van der Waals surface area contributed by atoms with Crippen LogP contribution in [0.2, 0.25) is 0 Å². The largest absolute Gasteiger partial charge is 0.497 e. The predicted molar refractivity (Wildman–Crippen MR) is 82.5 cm³/mol. The molecule has 0 unspecified atom stereocenters. The third kappa shape index (κ3) is 1.98. The molecule has 0 radical (unpaired) electrons. The van der Waals surface area contributed by atoms with Gasteiger partial charge in [-0.05, 0) is 36.6 Å². The lowest BCUT2D eigenvalue weighted by molar-refractivity contribution is 0.415. The van der Waals surface area contributed by atoms with Crippen molar-refractivity contribution in [1.29, 1.82) is 0 Å². The van der Waals surface area contributed by atoms with E-state index in [9.17, 15) is 0 Å². The van der Waals surface area contributed by atoms with Crippen molar-refractivity contribution in [3.05, 3.63) is 42.4 Å². The molecule has 0 atom stereocenters. The number of nitrogens with one attached hydrogen (secondary N) is 1. The van der Waals surface area contributed by atoms with E-state index in [0.29, 0.717) is 0 Å². The highest BCUT2D eigenvalue weighted by Gasteiger charge is 2.42. The topological polar surface area (TPSA) is 50.8 Å². The Kier molecular flexibility index (Phi) is 2.55. The van der Waals surface area contributed by atoms with Crippen molar-refractivity contribution in [2.75, 3.05) is 7.11 Å². The van der Waals surface area contributed by atoms with Crippen molar-refractivity contribution in [1.82, 2.24) is 15.0 Å². The summed E-state index contributed by atoms with van der Waals surface area (Å²) in [6.45, 7) is 2.25. The highest BCUT2D eigenvalue weighted by atomic mass is 16.5. The summed E-state index contributed by atoms with van der Waals surface area (Å²) in [5.41, 5.74) is 4.27. The van der Waals surface area contributed by atoms with Crippen molar-refractivity contribution in [3.63, 3.8) is 0 Å². The van der Waals surface area contributed by atoms with E-state index >= 15 is 0 Å². The molecular weight excluding hydrogens is 262 g/mol. The molecule has 21 heavy (non-hydrogen) atoms. The fraction of sp³-hybridized carbons (Fsp3) is 0.294. The van der Waals surface area contributed by atoms with Gasteiger partial charge in [0.2, 0.25) is 0 Å². The lowest BCUT2D eigenvalue weighted by Crippen LogP contribution is -2.01. The van der Waals surface area contributed by atoms with Crippen LogP contribution in [0.5, 0.6) is 5.75 Å². The van der Waals surface area contributed by atoms with Crippen molar-refractivity contribution in [2.24, 2.45) is 0 Å². The molecule has 4 heteroatoms. The van der Waals surface area contributed by atoms with Gasteiger partial charge in [-0.15, -0.1) is 0 Å². The smallest absolute Gasteiger partial charge is 0.157 e. The number of fused-ring (bicyclic) bond motifs is 1.